The van der Waals surface area contributed by atoms with E-state index in [1.54, 1.807) is 7.05 Å². The SMILES string of the molecule is CCSCCCCCCCC(=O)NC. The first-order chi connectivity index (χ1) is 6.81. The van der Waals surface area contributed by atoms with Crippen molar-refractivity contribution in [1.82, 2.24) is 5.32 Å². The number of thioether (sulfide) groups is 1. The predicted octanol–water partition coefficient (Wildman–Crippen LogP) is 2.83. The van der Waals surface area contributed by atoms with Gasteiger partial charge < -0.3 is 5.32 Å². The summed E-state index contributed by atoms with van der Waals surface area (Å²) in [6.07, 6.45) is 6.87. The van der Waals surface area contributed by atoms with Crippen molar-refractivity contribution in [3.8, 4) is 0 Å². The molecule has 3 heteroatoms. The van der Waals surface area contributed by atoms with E-state index in [4.69, 9.17) is 0 Å². The Morgan fingerprint density at radius 1 is 1.14 bits per heavy atom. The van der Waals surface area contributed by atoms with Gasteiger partial charge in [-0.1, -0.05) is 26.2 Å². The highest BCUT2D eigenvalue weighted by Crippen LogP contribution is 2.09. The Morgan fingerprint density at radius 3 is 2.43 bits per heavy atom. The van der Waals surface area contributed by atoms with Crippen molar-refractivity contribution < 1.29 is 4.79 Å². The van der Waals surface area contributed by atoms with Gasteiger partial charge in [0.05, 0.1) is 0 Å². The molecule has 14 heavy (non-hydrogen) atoms. The Hall–Kier alpha value is -0.180. The van der Waals surface area contributed by atoms with Gasteiger partial charge in [0, 0.05) is 13.5 Å². The summed E-state index contributed by atoms with van der Waals surface area (Å²) in [5.41, 5.74) is 0. The Morgan fingerprint density at radius 2 is 1.79 bits per heavy atom. The molecule has 1 N–H and O–H groups in total. The smallest absolute Gasteiger partial charge is 0.219 e. The van der Waals surface area contributed by atoms with Crippen LogP contribution in [0.3, 0.4) is 0 Å². The van der Waals surface area contributed by atoms with Crippen LogP contribution in [0, 0.1) is 0 Å². The van der Waals surface area contributed by atoms with Gasteiger partial charge in [-0.15, -0.1) is 0 Å². The molecule has 1 amide bonds. The number of hydrogen-bond donors (Lipinski definition) is 1. The summed E-state index contributed by atoms with van der Waals surface area (Å²) >= 11 is 2.02. The summed E-state index contributed by atoms with van der Waals surface area (Å²) in [6.45, 7) is 2.20. The average Bonchev–Trinajstić information content (AvgIpc) is 2.21. The molecule has 0 radical (unpaired) electrons. The Kier molecular flexibility index (Phi) is 10.8. The standard InChI is InChI=1S/C11H23NOS/c1-3-14-10-8-6-4-5-7-9-11(13)12-2/h3-10H2,1-2H3,(H,12,13). The normalized spacial score (nSPS) is 10.1. The minimum Gasteiger partial charge on any atom is -0.359 e. The topological polar surface area (TPSA) is 29.1 Å². The number of amides is 1. The molecule has 0 heterocycles. The first-order valence-corrected chi connectivity index (χ1v) is 6.75. The molecule has 84 valence electrons. The Balaban J connectivity index is 2.95. The average molecular weight is 217 g/mol. The second kappa shape index (κ2) is 10.9. The van der Waals surface area contributed by atoms with Gasteiger partial charge in [0.1, 0.15) is 0 Å². The van der Waals surface area contributed by atoms with Crippen LogP contribution in [0.15, 0.2) is 0 Å². The third kappa shape index (κ3) is 9.90. The number of carbonyl (C=O) groups excluding carboxylic acids is 1. The number of hydrogen-bond acceptors (Lipinski definition) is 2. The van der Waals surface area contributed by atoms with Crippen molar-refractivity contribution in [2.24, 2.45) is 0 Å². The van der Waals surface area contributed by atoms with E-state index in [1.165, 1.54) is 37.2 Å². The molecule has 0 bridgehead atoms. The monoisotopic (exact) mass is 217 g/mol. The van der Waals surface area contributed by atoms with Crippen LogP contribution in [0.4, 0.5) is 0 Å². The van der Waals surface area contributed by atoms with Crippen molar-refractivity contribution >= 4 is 17.7 Å². The van der Waals surface area contributed by atoms with Crippen LogP contribution < -0.4 is 5.32 Å². The molecule has 0 spiro atoms. The highest BCUT2D eigenvalue weighted by Gasteiger charge is 1.96. The van der Waals surface area contributed by atoms with Gasteiger partial charge in [-0.2, -0.15) is 11.8 Å². The van der Waals surface area contributed by atoms with E-state index in [9.17, 15) is 4.79 Å². The molecule has 0 aliphatic heterocycles. The zero-order chi connectivity index (χ0) is 10.6. The van der Waals surface area contributed by atoms with Crippen molar-refractivity contribution in [2.45, 2.75) is 45.4 Å². The largest absolute Gasteiger partial charge is 0.359 e. The third-order valence-electron chi connectivity index (χ3n) is 2.18. The lowest BCUT2D eigenvalue weighted by Gasteiger charge is -2.01. The fourth-order valence-electron chi connectivity index (χ4n) is 1.29. The molecule has 0 aliphatic rings. The summed E-state index contributed by atoms with van der Waals surface area (Å²) in [4.78, 5) is 10.9. The number of rotatable bonds is 9. The van der Waals surface area contributed by atoms with Gasteiger partial charge in [0.25, 0.3) is 0 Å². The van der Waals surface area contributed by atoms with Gasteiger partial charge in [-0.25, -0.2) is 0 Å². The summed E-state index contributed by atoms with van der Waals surface area (Å²) in [7, 11) is 1.70. The van der Waals surface area contributed by atoms with Gasteiger partial charge >= 0.3 is 0 Å². The molecular formula is C11H23NOS. The molecule has 0 saturated heterocycles. The Bertz CT molecular complexity index is 139. The minimum atomic E-state index is 0.173. The van der Waals surface area contributed by atoms with Gasteiger partial charge in [0.2, 0.25) is 5.91 Å². The highest BCUT2D eigenvalue weighted by atomic mass is 32.2. The van der Waals surface area contributed by atoms with Crippen LogP contribution in [0.1, 0.15) is 45.4 Å². The zero-order valence-corrected chi connectivity index (χ0v) is 10.3. The fraction of sp³-hybridized carbons (Fsp3) is 0.909. The molecule has 0 fully saturated rings. The van der Waals surface area contributed by atoms with Gasteiger partial charge in [-0.3, -0.25) is 4.79 Å². The second-order valence-electron chi connectivity index (χ2n) is 3.39. The van der Waals surface area contributed by atoms with E-state index in [-0.39, 0.29) is 5.91 Å². The maximum atomic E-state index is 10.9. The molecule has 0 unspecified atom stereocenters. The van der Waals surface area contributed by atoms with E-state index in [1.807, 2.05) is 11.8 Å². The van der Waals surface area contributed by atoms with Crippen LogP contribution in [-0.2, 0) is 4.79 Å². The third-order valence-corrected chi connectivity index (χ3v) is 3.16. The van der Waals surface area contributed by atoms with Crippen molar-refractivity contribution in [2.75, 3.05) is 18.6 Å². The van der Waals surface area contributed by atoms with E-state index < -0.39 is 0 Å². The first kappa shape index (κ1) is 13.8. The lowest BCUT2D eigenvalue weighted by Crippen LogP contribution is -2.16. The highest BCUT2D eigenvalue weighted by molar-refractivity contribution is 7.99. The summed E-state index contributed by atoms with van der Waals surface area (Å²) in [6, 6.07) is 0. The molecule has 0 aromatic rings. The maximum Gasteiger partial charge on any atom is 0.219 e. The summed E-state index contributed by atoms with van der Waals surface area (Å²) in [5, 5.41) is 2.64. The number of unbranched alkanes of at least 4 members (excludes halogenated alkanes) is 4. The maximum absolute atomic E-state index is 10.9. The molecular weight excluding hydrogens is 194 g/mol. The van der Waals surface area contributed by atoms with E-state index in [0.717, 1.165) is 6.42 Å². The zero-order valence-electron chi connectivity index (χ0n) is 9.47. The first-order valence-electron chi connectivity index (χ1n) is 5.59. The lowest BCUT2D eigenvalue weighted by atomic mass is 10.1. The number of nitrogens with one attached hydrogen (secondary N) is 1. The van der Waals surface area contributed by atoms with Crippen LogP contribution in [0.25, 0.3) is 0 Å². The van der Waals surface area contributed by atoms with E-state index in [0.29, 0.717) is 6.42 Å². The van der Waals surface area contributed by atoms with Crippen LogP contribution in [0.2, 0.25) is 0 Å². The fourth-order valence-corrected chi connectivity index (χ4v) is 1.99. The van der Waals surface area contributed by atoms with Gasteiger partial charge in [-0.05, 0) is 24.3 Å². The molecule has 0 rings (SSSR count). The molecule has 0 saturated carbocycles. The van der Waals surface area contributed by atoms with Crippen LogP contribution >= 0.6 is 11.8 Å². The Labute approximate surface area is 92.2 Å². The molecule has 2 nitrogen and oxygen atoms in total. The minimum absolute atomic E-state index is 0.173. The molecule has 0 atom stereocenters. The molecule has 0 aliphatic carbocycles. The lowest BCUT2D eigenvalue weighted by molar-refractivity contribution is -0.120. The summed E-state index contributed by atoms with van der Waals surface area (Å²) in [5.74, 6) is 2.70. The van der Waals surface area contributed by atoms with Crippen LogP contribution in [-0.4, -0.2) is 24.5 Å². The number of carbonyl (C=O) groups is 1. The predicted molar refractivity (Wildman–Crippen MR) is 64.8 cm³/mol. The molecule has 0 aromatic carbocycles. The van der Waals surface area contributed by atoms with Crippen molar-refractivity contribution in [3.63, 3.8) is 0 Å². The summed E-state index contributed by atoms with van der Waals surface area (Å²) < 4.78 is 0. The quantitative estimate of drug-likeness (QED) is 0.602. The van der Waals surface area contributed by atoms with Crippen LogP contribution in [0.5, 0.6) is 0 Å². The molecule has 0 aromatic heterocycles. The van der Waals surface area contributed by atoms with E-state index in [2.05, 4.69) is 12.2 Å². The van der Waals surface area contributed by atoms with Gasteiger partial charge in [0.15, 0.2) is 0 Å². The second-order valence-corrected chi connectivity index (χ2v) is 4.78. The van der Waals surface area contributed by atoms with E-state index >= 15 is 0 Å². The van der Waals surface area contributed by atoms with Crippen molar-refractivity contribution in [3.05, 3.63) is 0 Å². The van der Waals surface area contributed by atoms with Crippen molar-refractivity contribution in [1.29, 1.82) is 0 Å².